The van der Waals surface area contributed by atoms with E-state index in [9.17, 15) is 29.7 Å². The maximum Gasteiger partial charge on any atom is 0.245 e. The summed E-state index contributed by atoms with van der Waals surface area (Å²) in [6, 6.07) is 13.7. The van der Waals surface area contributed by atoms with E-state index in [4.69, 9.17) is 15.9 Å². The molecule has 0 aromatic heterocycles. The Morgan fingerprint density at radius 3 is 2.39 bits per heavy atom. The number of ether oxygens (including phenoxy) is 2. The Kier molecular flexibility index (Phi) is 16.1. The number of carbonyl (C=O) groups excluding carboxylic acids is 3. The Morgan fingerprint density at radius 2 is 1.73 bits per heavy atom. The third kappa shape index (κ3) is 12.4. The van der Waals surface area contributed by atoms with Crippen LogP contribution in [-0.2, 0) is 36.9 Å². The minimum atomic E-state index is -1.36. The third-order valence-electron chi connectivity index (χ3n) is 8.67. The van der Waals surface area contributed by atoms with Crippen molar-refractivity contribution in [1.29, 1.82) is 0 Å². The van der Waals surface area contributed by atoms with Crippen LogP contribution in [0.4, 0.5) is 0 Å². The molecule has 1 saturated heterocycles. The van der Waals surface area contributed by atoms with Crippen LogP contribution in [0.1, 0.15) is 54.2 Å². The van der Waals surface area contributed by atoms with Crippen LogP contribution in [0.15, 0.2) is 42.5 Å². The first kappa shape index (κ1) is 41.6. The summed E-state index contributed by atoms with van der Waals surface area (Å²) in [4.78, 5) is 40.7. The zero-order valence-electron chi connectivity index (χ0n) is 30.3. The first-order valence-electron chi connectivity index (χ1n) is 16.8. The van der Waals surface area contributed by atoms with E-state index in [0.29, 0.717) is 31.7 Å². The van der Waals surface area contributed by atoms with Gasteiger partial charge in [0.25, 0.3) is 0 Å². The second kappa shape index (κ2) is 19.7. The lowest BCUT2D eigenvalue weighted by molar-refractivity contribution is -0.209. The highest BCUT2D eigenvalue weighted by Crippen LogP contribution is 2.33. The Labute approximate surface area is 305 Å². The Balaban J connectivity index is 1.43. The SMILES string of the molecule is C#CCN(C)C(=O)CN(C)CCNC(=O)C(C)(C)NC(=O)CCOCc1ccc(Cc2cc([C@@H]3OC(C#SC)[C@@H](O)[C@H](O)[C@H]3O)ccc2C)cc1. The molecule has 3 rings (SSSR count). The van der Waals surface area contributed by atoms with Crippen molar-refractivity contribution in [2.45, 2.75) is 76.3 Å². The molecule has 12 nitrogen and oxygen atoms in total. The van der Waals surface area contributed by atoms with Crippen LogP contribution in [0, 0.1) is 24.5 Å². The zero-order chi connectivity index (χ0) is 37.7. The Hall–Kier alpha value is -3.83. The maximum atomic E-state index is 12.7. The van der Waals surface area contributed by atoms with Gasteiger partial charge in [0.2, 0.25) is 17.7 Å². The minimum absolute atomic E-state index is 0.0872. The average molecular weight is 725 g/mol. The van der Waals surface area contributed by atoms with Crippen LogP contribution in [0.5, 0.6) is 0 Å². The number of likely N-dealkylation sites (N-methyl/N-ethyl adjacent to an activating group) is 2. The second-order valence-electron chi connectivity index (χ2n) is 13.4. The number of carbonyl (C=O) groups is 3. The molecule has 5 atom stereocenters. The number of rotatable bonds is 16. The smallest absolute Gasteiger partial charge is 0.245 e. The molecule has 2 aromatic carbocycles. The number of amides is 3. The molecule has 51 heavy (non-hydrogen) atoms. The van der Waals surface area contributed by atoms with Crippen molar-refractivity contribution in [2.75, 3.05) is 53.1 Å². The summed E-state index contributed by atoms with van der Waals surface area (Å²) < 4.78 is 11.7. The third-order valence-corrected chi connectivity index (χ3v) is 9.13. The fourth-order valence-corrected chi connectivity index (χ4v) is 5.89. The van der Waals surface area contributed by atoms with E-state index in [0.717, 1.165) is 22.3 Å². The quantitative estimate of drug-likeness (QED) is 0.127. The molecule has 1 unspecified atom stereocenters. The van der Waals surface area contributed by atoms with E-state index in [1.54, 1.807) is 39.1 Å². The summed E-state index contributed by atoms with van der Waals surface area (Å²) in [5, 5.41) is 39.9. The lowest BCUT2D eigenvalue weighted by Crippen LogP contribution is -2.55. The fourth-order valence-electron chi connectivity index (χ4n) is 5.46. The Bertz CT molecular complexity index is 1600. The topological polar surface area (TPSA) is 161 Å². The van der Waals surface area contributed by atoms with Gasteiger partial charge in [0.05, 0.1) is 32.7 Å². The number of hydrogen-bond donors (Lipinski definition) is 5. The first-order chi connectivity index (χ1) is 24.2. The van der Waals surface area contributed by atoms with Gasteiger partial charge in [-0.05, 0) is 62.1 Å². The molecule has 2 aromatic rings. The molecule has 1 aliphatic heterocycles. The van der Waals surface area contributed by atoms with Gasteiger partial charge in [-0.25, -0.2) is 0 Å². The van der Waals surface area contributed by atoms with Gasteiger partial charge >= 0.3 is 0 Å². The molecule has 0 spiro atoms. The van der Waals surface area contributed by atoms with Crippen molar-refractivity contribution in [3.05, 3.63) is 70.3 Å². The summed E-state index contributed by atoms with van der Waals surface area (Å²) in [6.45, 7) is 6.93. The largest absolute Gasteiger partial charge is 0.387 e. The maximum absolute atomic E-state index is 12.7. The second-order valence-corrected chi connectivity index (χ2v) is 14.0. The highest BCUT2D eigenvalue weighted by Gasteiger charge is 2.43. The fraction of sp³-hybridized carbons (Fsp3) is 0.526. The molecule has 0 radical (unpaired) electrons. The highest BCUT2D eigenvalue weighted by molar-refractivity contribution is 7.87. The molecule has 0 saturated carbocycles. The molecule has 278 valence electrons. The van der Waals surface area contributed by atoms with Gasteiger partial charge in [0.15, 0.2) is 0 Å². The number of aliphatic hydroxyl groups excluding tert-OH is 3. The number of terminal acetylenes is 1. The van der Waals surface area contributed by atoms with Crippen LogP contribution in [-0.4, -0.2) is 126 Å². The van der Waals surface area contributed by atoms with Crippen LogP contribution in [0.3, 0.4) is 0 Å². The van der Waals surface area contributed by atoms with E-state index >= 15 is 0 Å². The predicted molar refractivity (Wildman–Crippen MR) is 197 cm³/mol. The van der Waals surface area contributed by atoms with E-state index in [1.807, 2.05) is 49.4 Å². The van der Waals surface area contributed by atoms with Crippen LogP contribution in [0.25, 0.3) is 0 Å². The molecule has 1 fully saturated rings. The standard InChI is InChI=1S/C38H52N4O8S/c1-8-17-42(6)32(44)22-41(5)18-16-39-37(48)38(3,4)40-31(43)15-19-49-23-27-12-10-26(11-13-27)20-29-21-28(14-9-25(29)2)36-35(47)34(46)33(45)30(50-36)24-51-7/h1,9-14,21,30,33-36,45-47H,15-20,22-23H2,2-7H3,(H,39,48)(H,40,43)/t30?,33-,34+,35-,36+/m1/s1. The van der Waals surface area contributed by atoms with Gasteiger partial charge in [-0.1, -0.05) is 53.6 Å². The van der Waals surface area contributed by atoms with Crippen molar-refractivity contribution in [2.24, 2.45) is 0 Å². The average Bonchev–Trinajstić information content (AvgIpc) is 3.08. The number of hydrogen-bond acceptors (Lipinski definition) is 9. The summed E-state index contributed by atoms with van der Waals surface area (Å²) in [5.41, 5.74) is 3.68. The summed E-state index contributed by atoms with van der Waals surface area (Å²) in [7, 11) is 3.42. The van der Waals surface area contributed by atoms with Crippen molar-refractivity contribution in [3.63, 3.8) is 0 Å². The molecular formula is C38H52N4O8S. The van der Waals surface area contributed by atoms with Gasteiger partial charge < -0.3 is 40.3 Å². The Morgan fingerprint density at radius 1 is 1.04 bits per heavy atom. The van der Waals surface area contributed by atoms with E-state index in [-0.39, 0.29) is 43.8 Å². The van der Waals surface area contributed by atoms with Gasteiger partial charge in [-0.3, -0.25) is 19.3 Å². The van der Waals surface area contributed by atoms with Crippen LogP contribution < -0.4 is 10.6 Å². The molecule has 5 N–H and O–H groups in total. The lowest BCUT2D eigenvalue weighted by atomic mass is 9.89. The van der Waals surface area contributed by atoms with E-state index < -0.39 is 36.1 Å². The minimum Gasteiger partial charge on any atom is -0.387 e. The summed E-state index contributed by atoms with van der Waals surface area (Å²) in [6.07, 6.45) is 2.20. The number of benzene rings is 2. The predicted octanol–water partition coefficient (Wildman–Crippen LogP) is 1.37. The molecule has 0 bridgehead atoms. The summed E-state index contributed by atoms with van der Waals surface area (Å²) >= 11 is 1.26. The van der Waals surface area contributed by atoms with E-state index in [2.05, 4.69) is 21.7 Å². The highest BCUT2D eigenvalue weighted by atomic mass is 32.1. The zero-order valence-corrected chi connectivity index (χ0v) is 31.2. The monoisotopic (exact) mass is 724 g/mol. The molecule has 0 aliphatic carbocycles. The number of nitrogens with one attached hydrogen (secondary N) is 2. The first-order valence-corrected chi connectivity index (χ1v) is 18.1. The van der Waals surface area contributed by atoms with Crippen molar-refractivity contribution in [3.8, 4) is 17.5 Å². The number of aliphatic hydroxyl groups is 3. The molecule has 1 aliphatic rings. The number of aryl methyl sites for hydroxylation is 1. The molecular weight excluding hydrogens is 673 g/mol. The molecule has 3 amide bonds. The van der Waals surface area contributed by atoms with Crippen LogP contribution >= 0.6 is 11.2 Å². The van der Waals surface area contributed by atoms with Crippen molar-refractivity contribution >= 4 is 28.9 Å². The van der Waals surface area contributed by atoms with Crippen molar-refractivity contribution in [1.82, 2.24) is 20.4 Å². The van der Waals surface area contributed by atoms with Crippen LogP contribution in [0.2, 0.25) is 0 Å². The lowest BCUT2D eigenvalue weighted by Gasteiger charge is -2.39. The van der Waals surface area contributed by atoms with Gasteiger partial charge in [0, 0.05) is 26.4 Å². The molecule has 13 heteroatoms. The van der Waals surface area contributed by atoms with Gasteiger partial charge in [0.1, 0.15) is 36.1 Å². The van der Waals surface area contributed by atoms with Gasteiger partial charge in [-0.2, -0.15) is 0 Å². The normalized spacial score (nSPS) is 20.2. The number of nitrogens with zero attached hydrogens (tertiary/aromatic N) is 2. The van der Waals surface area contributed by atoms with Crippen molar-refractivity contribution < 1.29 is 39.2 Å². The van der Waals surface area contributed by atoms with Gasteiger partial charge in [-0.15, -0.1) is 17.6 Å². The summed E-state index contributed by atoms with van der Waals surface area (Å²) in [5.74, 6) is 1.67. The van der Waals surface area contributed by atoms with E-state index in [1.165, 1.54) is 16.1 Å². The molecule has 1 heterocycles.